The van der Waals surface area contributed by atoms with Crippen LogP contribution in [0, 0.1) is 10.1 Å². The minimum Gasteiger partial charge on any atom is -0.362 e. The lowest BCUT2D eigenvalue weighted by molar-refractivity contribution is -0.384. The number of halogens is 1. The number of rotatable bonds is 6. The number of hydrogen-bond acceptors (Lipinski definition) is 5. The Kier molecular flexibility index (Phi) is 5.67. The first-order valence-corrected chi connectivity index (χ1v) is 7.78. The fourth-order valence-corrected chi connectivity index (χ4v) is 2.33. The number of nitro groups is 1. The van der Waals surface area contributed by atoms with Gasteiger partial charge < -0.3 is 5.32 Å². The summed E-state index contributed by atoms with van der Waals surface area (Å²) < 4.78 is 11.5. The topological polar surface area (TPSA) is 85.1 Å². The monoisotopic (exact) mass is 335 g/mol. The van der Waals surface area contributed by atoms with Gasteiger partial charge in [-0.05, 0) is 29.3 Å². The Morgan fingerprint density at radius 1 is 1.67 bits per heavy atom. The van der Waals surface area contributed by atoms with E-state index in [1.165, 1.54) is 12.3 Å². The molecule has 2 atom stereocenters. The molecule has 2 unspecified atom stereocenters. The summed E-state index contributed by atoms with van der Waals surface area (Å²) >= 11 is 3.15. The molecule has 0 bridgehead atoms. The van der Waals surface area contributed by atoms with Gasteiger partial charge in [0.25, 0.3) is 0 Å². The Bertz CT molecular complexity index is 470. The van der Waals surface area contributed by atoms with Gasteiger partial charge in [-0.1, -0.05) is 0 Å². The van der Waals surface area contributed by atoms with Crippen molar-refractivity contribution in [3.8, 4) is 0 Å². The van der Waals surface area contributed by atoms with E-state index in [-0.39, 0.29) is 17.5 Å². The number of nitrogens with zero attached hydrogens (tertiary/aromatic N) is 2. The Hall–Kier alpha value is -1.02. The molecule has 1 aromatic rings. The van der Waals surface area contributed by atoms with Crippen molar-refractivity contribution in [1.29, 1.82) is 0 Å². The summed E-state index contributed by atoms with van der Waals surface area (Å²) in [6.45, 7) is 1.88. The maximum Gasteiger partial charge on any atom is 0.312 e. The molecular formula is C10H14BrN3O3S. The van der Waals surface area contributed by atoms with Crippen molar-refractivity contribution in [2.75, 3.05) is 17.3 Å². The highest BCUT2D eigenvalue weighted by molar-refractivity contribution is 9.10. The van der Waals surface area contributed by atoms with Gasteiger partial charge in [-0.2, -0.15) is 0 Å². The van der Waals surface area contributed by atoms with E-state index in [1.807, 2.05) is 6.92 Å². The predicted molar refractivity (Wildman–Crippen MR) is 75.2 cm³/mol. The van der Waals surface area contributed by atoms with Crippen LogP contribution in [0.2, 0.25) is 0 Å². The second-order valence-corrected chi connectivity index (χ2v) is 6.36. The standard InChI is InChI=1S/C10H14BrN3O3S/c1-7(3-4-18(2)17)13-10-9(14(15)16)5-8(11)6-12-10/h5-7H,3-4H2,1-2H3,(H,12,13). The lowest BCUT2D eigenvalue weighted by Gasteiger charge is -2.13. The molecule has 1 heterocycles. The van der Waals surface area contributed by atoms with Crippen molar-refractivity contribution >= 4 is 38.2 Å². The van der Waals surface area contributed by atoms with Gasteiger partial charge in [0.2, 0.25) is 5.82 Å². The molecule has 0 aliphatic rings. The molecule has 0 aliphatic carbocycles. The average Bonchev–Trinajstić information content (AvgIpc) is 2.28. The first-order chi connectivity index (χ1) is 8.40. The normalized spacial score (nSPS) is 13.9. The zero-order valence-corrected chi connectivity index (χ0v) is 12.5. The third kappa shape index (κ3) is 4.69. The predicted octanol–water partition coefficient (Wildman–Crippen LogP) is 2.32. The lowest BCUT2D eigenvalue weighted by Crippen LogP contribution is -2.19. The van der Waals surface area contributed by atoms with Crippen LogP contribution in [0.4, 0.5) is 11.5 Å². The zero-order chi connectivity index (χ0) is 13.7. The van der Waals surface area contributed by atoms with Gasteiger partial charge in [-0.3, -0.25) is 14.3 Å². The highest BCUT2D eigenvalue weighted by Crippen LogP contribution is 2.25. The molecular weight excluding hydrogens is 322 g/mol. The van der Waals surface area contributed by atoms with E-state index < -0.39 is 15.7 Å². The van der Waals surface area contributed by atoms with Crippen LogP contribution in [0.1, 0.15) is 13.3 Å². The first kappa shape index (κ1) is 15.0. The molecule has 1 rings (SSSR count). The van der Waals surface area contributed by atoms with Gasteiger partial charge in [-0.25, -0.2) is 4.98 Å². The van der Waals surface area contributed by atoms with Gasteiger partial charge in [-0.15, -0.1) is 0 Å². The van der Waals surface area contributed by atoms with Crippen molar-refractivity contribution < 1.29 is 9.13 Å². The maximum absolute atomic E-state index is 11.0. The fourth-order valence-electron chi connectivity index (χ4n) is 1.33. The van der Waals surface area contributed by atoms with Crippen LogP contribution in [0.3, 0.4) is 0 Å². The molecule has 1 N–H and O–H groups in total. The summed E-state index contributed by atoms with van der Waals surface area (Å²) in [7, 11) is -0.864. The van der Waals surface area contributed by atoms with E-state index >= 15 is 0 Å². The van der Waals surface area contributed by atoms with Crippen LogP contribution in [0.5, 0.6) is 0 Å². The molecule has 1 aromatic heterocycles. The molecule has 0 spiro atoms. The van der Waals surface area contributed by atoms with Gasteiger partial charge in [0.1, 0.15) is 0 Å². The van der Waals surface area contributed by atoms with E-state index in [0.29, 0.717) is 16.6 Å². The Labute approximate surface area is 116 Å². The summed E-state index contributed by atoms with van der Waals surface area (Å²) in [4.78, 5) is 14.4. The van der Waals surface area contributed by atoms with Crippen LogP contribution in [-0.4, -0.2) is 32.2 Å². The summed E-state index contributed by atoms with van der Waals surface area (Å²) in [5.74, 6) is 0.788. The highest BCUT2D eigenvalue weighted by Gasteiger charge is 2.17. The third-order valence-electron chi connectivity index (χ3n) is 2.25. The van der Waals surface area contributed by atoms with Gasteiger partial charge in [0, 0.05) is 45.6 Å². The van der Waals surface area contributed by atoms with Crippen molar-refractivity contribution in [1.82, 2.24) is 4.98 Å². The minimum atomic E-state index is -0.864. The highest BCUT2D eigenvalue weighted by atomic mass is 79.9. The summed E-state index contributed by atoms with van der Waals surface area (Å²) in [5, 5.41) is 13.8. The van der Waals surface area contributed by atoms with Crippen molar-refractivity contribution in [2.24, 2.45) is 0 Å². The van der Waals surface area contributed by atoms with Crippen LogP contribution in [0.25, 0.3) is 0 Å². The summed E-state index contributed by atoms with van der Waals surface area (Å²) in [6, 6.07) is 1.38. The largest absolute Gasteiger partial charge is 0.362 e. The van der Waals surface area contributed by atoms with Gasteiger partial charge in [0.05, 0.1) is 4.92 Å². The molecule has 8 heteroatoms. The molecule has 0 aromatic carbocycles. The van der Waals surface area contributed by atoms with E-state index in [4.69, 9.17) is 0 Å². The molecule has 0 radical (unpaired) electrons. The number of hydrogen-bond donors (Lipinski definition) is 1. The van der Waals surface area contributed by atoms with E-state index in [9.17, 15) is 14.3 Å². The second kappa shape index (κ2) is 6.79. The van der Waals surface area contributed by atoms with Crippen LogP contribution in [0.15, 0.2) is 16.7 Å². The zero-order valence-electron chi connectivity index (χ0n) is 10.1. The summed E-state index contributed by atoms with van der Waals surface area (Å²) in [5.41, 5.74) is -0.0751. The van der Waals surface area contributed by atoms with Crippen LogP contribution < -0.4 is 5.32 Å². The Morgan fingerprint density at radius 3 is 2.89 bits per heavy atom. The third-order valence-corrected chi connectivity index (χ3v) is 3.50. The van der Waals surface area contributed by atoms with Crippen LogP contribution in [-0.2, 0) is 10.8 Å². The maximum atomic E-state index is 11.0. The molecule has 18 heavy (non-hydrogen) atoms. The second-order valence-electron chi connectivity index (χ2n) is 3.89. The van der Waals surface area contributed by atoms with Crippen LogP contribution >= 0.6 is 15.9 Å². The molecule has 0 saturated heterocycles. The van der Waals surface area contributed by atoms with Crippen molar-refractivity contribution in [3.05, 3.63) is 26.9 Å². The number of aromatic nitrogens is 1. The Morgan fingerprint density at radius 2 is 2.33 bits per heavy atom. The molecule has 0 amide bonds. The van der Waals surface area contributed by atoms with Gasteiger partial charge in [0.15, 0.2) is 0 Å². The van der Waals surface area contributed by atoms with Gasteiger partial charge >= 0.3 is 5.69 Å². The van der Waals surface area contributed by atoms with Crippen molar-refractivity contribution in [2.45, 2.75) is 19.4 Å². The fraction of sp³-hybridized carbons (Fsp3) is 0.500. The van der Waals surface area contributed by atoms with E-state index in [0.717, 1.165) is 0 Å². The van der Waals surface area contributed by atoms with Crippen molar-refractivity contribution in [3.63, 3.8) is 0 Å². The molecule has 0 saturated carbocycles. The number of pyridine rings is 1. The summed E-state index contributed by atoms with van der Waals surface area (Å²) in [6.07, 6.45) is 3.80. The number of anilines is 1. The molecule has 0 fully saturated rings. The quantitative estimate of drug-likeness (QED) is 0.636. The SMILES string of the molecule is CC(CCS(C)=O)Nc1ncc(Br)cc1[N+](=O)[O-]. The number of nitrogens with one attached hydrogen (secondary N) is 1. The minimum absolute atomic E-state index is 0.0266. The lowest BCUT2D eigenvalue weighted by atomic mass is 10.2. The van der Waals surface area contributed by atoms with E-state index in [1.54, 1.807) is 6.26 Å². The molecule has 0 aliphatic heterocycles. The average molecular weight is 336 g/mol. The molecule has 6 nitrogen and oxygen atoms in total. The van der Waals surface area contributed by atoms with E-state index in [2.05, 4.69) is 26.2 Å². The first-order valence-electron chi connectivity index (χ1n) is 5.26. The Balaban J connectivity index is 2.77. The molecule has 100 valence electrons. The smallest absolute Gasteiger partial charge is 0.312 e.